The van der Waals surface area contributed by atoms with Gasteiger partial charge in [-0.2, -0.15) is 0 Å². The summed E-state index contributed by atoms with van der Waals surface area (Å²) in [6, 6.07) is -0.367. The van der Waals surface area contributed by atoms with Crippen molar-refractivity contribution in [2.24, 2.45) is 5.16 Å². The monoisotopic (exact) mass is 200 g/mol. The van der Waals surface area contributed by atoms with E-state index < -0.39 is 12.1 Å². The van der Waals surface area contributed by atoms with E-state index in [9.17, 15) is 9.59 Å². The zero-order valence-corrected chi connectivity index (χ0v) is 7.86. The molecule has 0 saturated heterocycles. The number of oxime groups is 1. The molecule has 0 aromatic heterocycles. The minimum absolute atomic E-state index is 0.0388. The lowest BCUT2D eigenvalue weighted by molar-refractivity contribution is -0.138. The first-order chi connectivity index (χ1) is 6.60. The molecule has 0 saturated carbocycles. The molecule has 0 radical (unpaired) electrons. The minimum Gasteiger partial charge on any atom is -0.460 e. The lowest BCUT2D eigenvalue weighted by atomic mass is 10.4. The first-order valence-corrected chi connectivity index (χ1v) is 3.83. The summed E-state index contributed by atoms with van der Waals surface area (Å²) in [5.41, 5.74) is 0. The lowest BCUT2D eigenvalue weighted by Crippen LogP contribution is -2.36. The second-order valence-corrected chi connectivity index (χ2v) is 2.39. The Labute approximate surface area is 81.6 Å². The number of carbonyl (C=O) groups excluding carboxylic acids is 2. The van der Waals surface area contributed by atoms with Crippen molar-refractivity contribution >= 4 is 18.8 Å². The normalized spacial score (nSPS) is 10.9. The molecular weight excluding hydrogens is 188 g/mol. The van der Waals surface area contributed by atoms with Crippen molar-refractivity contribution in [3.63, 3.8) is 0 Å². The SMILES string of the molecule is C=CC(=O)OCC(C)NC(=O)ON=C. The summed E-state index contributed by atoms with van der Waals surface area (Å²) in [6.45, 7) is 7.86. The molecule has 0 bridgehead atoms. The fraction of sp³-hybridized carbons (Fsp3) is 0.375. The van der Waals surface area contributed by atoms with Crippen LogP contribution in [0.3, 0.4) is 0 Å². The highest BCUT2D eigenvalue weighted by atomic mass is 16.7. The van der Waals surface area contributed by atoms with Gasteiger partial charge in [0.05, 0.1) is 6.04 Å². The maximum Gasteiger partial charge on any atom is 0.433 e. The van der Waals surface area contributed by atoms with E-state index in [-0.39, 0.29) is 12.6 Å². The van der Waals surface area contributed by atoms with Crippen LogP contribution >= 0.6 is 0 Å². The minimum atomic E-state index is -0.748. The third kappa shape index (κ3) is 5.76. The van der Waals surface area contributed by atoms with Gasteiger partial charge in [-0.15, -0.1) is 0 Å². The van der Waals surface area contributed by atoms with Crippen molar-refractivity contribution < 1.29 is 19.2 Å². The molecule has 0 fully saturated rings. The number of carbonyl (C=O) groups is 2. The summed E-state index contributed by atoms with van der Waals surface area (Å²) in [5, 5.41) is 5.27. The third-order valence-electron chi connectivity index (χ3n) is 1.15. The molecule has 78 valence electrons. The lowest BCUT2D eigenvalue weighted by Gasteiger charge is -2.11. The van der Waals surface area contributed by atoms with Crippen LogP contribution in [0.5, 0.6) is 0 Å². The maximum atomic E-state index is 10.7. The fourth-order valence-corrected chi connectivity index (χ4v) is 0.594. The van der Waals surface area contributed by atoms with Gasteiger partial charge in [-0.05, 0) is 6.92 Å². The molecule has 1 amide bonds. The summed E-state index contributed by atoms with van der Waals surface area (Å²) >= 11 is 0. The van der Waals surface area contributed by atoms with E-state index in [0.29, 0.717) is 0 Å². The second-order valence-electron chi connectivity index (χ2n) is 2.39. The van der Waals surface area contributed by atoms with Crippen molar-refractivity contribution in [3.05, 3.63) is 12.7 Å². The van der Waals surface area contributed by atoms with Gasteiger partial charge in [0, 0.05) is 12.8 Å². The number of ether oxygens (including phenoxy) is 1. The zero-order chi connectivity index (χ0) is 11.0. The summed E-state index contributed by atoms with van der Waals surface area (Å²) in [4.78, 5) is 25.5. The highest BCUT2D eigenvalue weighted by Crippen LogP contribution is 1.88. The number of hydrogen-bond acceptors (Lipinski definition) is 5. The summed E-state index contributed by atoms with van der Waals surface area (Å²) in [7, 11) is 0. The molecule has 0 heterocycles. The van der Waals surface area contributed by atoms with Crippen molar-refractivity contribution in [1.82, 2.24) is 5.32 Å². The Hall–Kier alpha value is -1.85. The smallest absolute Gasteiger partial charge is 0.433 e. The summed E-state index contributed by atoms with van der Waals surface area (Å²) in [6.07, 6.45) is 0.290. The second kappa shape index (κ2) is 6.64. The molecule has 1 atom stereocenters. The number of nitrogens with zero attached hydrogens (tertiary/aromatic N) is 1. The van der Waals surface area contributed by atoms with Crippen LogP contribution in [0.25, 0.3) is 0 Å². The van der Waals surface area contributed by atoms with E-state index in [2.05, 4.69) is 33.3 Å². The van der Waals surface area contributed by atoms with Crippen LogP contribution in [0.15, 0.2) is 17.8 Å². The Kier molecular flexibility index (Phi) is 5.77. The quantitative estimate of drug-likeness (QED) is 0.230. The number of nitrogens with one attached hydrogen (secondary N) is 1. The van der Waals surface area contributed by atoms with Gasteiger partial charge in [0.1, 0.15) is 6.61 Å². The van der Waals surface area contributed by atoms with Crippen LogP contribution in [0.4, 0.5) is 4.79 Å². The fourth-order valence-electron chi connectivity index (χ4n) is 0.594. The molecule has 1 N–H and O–H groups in total. The Morgan fingerprint density at radius 3 is 2.79 bits per heavy atom. The summed E-state index contributed by atoms with van der Waals surface area (Å²) in [5.74, 6) is -0.547. The van der Waals surface area contributed by atoms with Crippen LogP contribution in [0.2, 0.25) is 0 Å². The Morgan fingerprint density at radius 1 is 1.64 bits per heavy atom. The highest BCUT2D eigenvalue weighted by Gasteiger charge is 2.09. The zero-order valence-electron chi connectivity index (χ0n) is 7.86. The van der Waals surface area contributed by atoms with E-state index >= 15 is 0 Å². The van der Waals surface area contributed by atoms with Crippen molar-refractivity contribution in [3.8, 4) is 0 Å². The number of rotatable bonds is 5. The molecule has 1 unspecified atom stereocenters. The van der Waals surface area contributed by atoms with Crippen LogP contribution in [0, 0.1) is 0 Å². The summed E-state index contributed by atoms with van der Waals surface area (Å²) < 4.78 is 4.66. The molecule has 0 aromatic rings. The van der Waals surface area contributed by atoms with Gasteiger partial charge in [-0.3, -0.25) is 4.84 Å². The van der Waals surface area contributed by atoms with Crippen LogP contribution < -0.4 is 5.32 Å². The molecule has 0 aromatic carbocycles. The van der Waals surface area contributed by atoms with Gasteiger partial charge in [0.25, 0.3) is 0 Å². The Morgan fingerprint density at radius 2 is 2.29 bits per heavy atom. The number of hydrogen-bond donors (Lipinski definition) is 1. The van der Waals surface area contributed by atoms with Gasteiger partial charge in [-0.1, -0.05) is 11.7 Å². The molecule has 0 aliphatic rings. The van der Waals surface area contributed by atoms with E-state index in [1.54, 1.807) is 6.92 Å². The average Bonchev–Trinajstić information content (AvgIpc) is 2.14. The van der Waals surface area contributed by atoms with Crippen LogP contribution in [-0.2, 0) is 14.4 Å². The first kappa shape index (κ1) is 12.2. The predicted molar refractivity (Wildman–Crippen MR) is 49.8 cm³/mol. The maximum absolute atomic E-state index is 10.7. The predicted octanol–water partition coefficient (Wildman–Crippen LogP) is 0.446. The molecule has 0 aliphatic carbocycles. The van der Waals surface area contributed by atoms with Gasteiger partial charge in [0.15, 0.2) is 0 Å². The Balaban J connectivity index is 3.69. The van der Waals surface area contributed by atoms with Crippen LogP contribution in [-0.4, -0.2) is 31.4 Å². The highest BCUT2D eigenvalue weighted by molar-refractivity contribution is 5.81. The van der Waals surface area contributed by atoms with Gasteiger partial charge in [0.2, 0.25) is 0 Å². The van der Waals surface area contributed by atoms with E-state index in [1.165, 1.54) is 0 Å². The number of esters is 1. The van der Waals surface area contributed by atoms with Gasteiger partial charge in [-0.25, -0.2) is 9.59 Å². The van der Waals surface area contributed by atoms with Gasteiger partial charge < -0.3 is 10.1 Å². The average molecular weight is 200 g/mol. The third-order valence-corrected chi connectivity index (χ3v) is 1.15. The molecule has 6 heteroatoms. The van der Waals surface area contributed by atoms with Crippen molar-refractivity contribution in [2.75, 3.05) is 6.61 Å². The molecule has 14 heavy (non-hydrogen) atoms. The van der Waals surface area contributed by atoms with Crippen molar-refractivity contribution in [2.45, 2.75) is 13.0 Å². The molecular formula is C8H12N2O4. The van der Waals surface area contributed by atoms with E-state index in [1.807, 2.05) is 0 Å². The van der Waals surface area contributed by atoms with Crippen LogP contribution in [0.1, 0.15) is 6.92 Å². The van der Waals surface area contributed by atoms with E-state index in [4.69, 9.17) is 0 Å². The topological polar surface area (TPSA) is 77.0 Å². The molecule has 0 spiro atoms. The first-order valence-electron chi connectivity index (χ1n) is 3.83. The molecule has 0 rings (SSSR count). The van der Waals surface area contributed by atoms with Crippen molar-refractivity contribution in [1.29, 1.82) is 0 Å². The van der Waals surface area contributed by atoms with Gasteiger partial charge >= 0.3 is 12.1 Å². The number of amides is 1. The Bertz CT molecular complexity index is 239. The largest absolute Gasteiger partial charge is 0.460 e. The standard InChI is InChI=1S/C8H12N2O4/c1-4-7(11)13-5-6(2)10-8(12)14-9-3/h4,6H,1,3,5H2,2H3,(H,10,12). The van der Waals surface area contributed by atoms with E-state index in [0.717, 1.165) is 6.08 Å². The molecule has 0 aliphatic heterocycles. The molecule has 6 nitrogen and oxygen atoms in total.